The molecule has 0 amide bonds. The van der Waals surface area contributed by atoms with Gasteiger partial charge in [0.2, 0.25) is 0 Å². The molecule has 0 heterocycles. The second-order valence-electron chi connectivity index (χ2n) is 3.54. The van der Waals surface area contributed by atoms with E-state index in [-0.39, 0.29) is 12.5 Å². The molecule has 0 aliphatic rings. The lowest BCUT2D eigenvalue weighted by Crippen LogP contribution is -2.13. The van der Waals surface area contributed by atoms with Crippen molar-refractivity contribution >= 4 is 17.7 Å². The van der Waals surface area contributed by atoms with E-state index in [4.69, 9.17) is 9.84 Å². The van der Waals surface area contributed by atoms with Crippen molar-refractivity contribution in [2.75, 3.05) is 6.26 Å². The highest BCUT2D eigenvalue weighted by Crippen LogP contribution is 2.20. The molecular formula is C12H16O3S. The van der Waals surface area contributed by atoms with Crippen molar-refractivity contribution in [3.63, 3.8) is 0 Å². The maximum Gasteiger partial charge on any atom is 0.303 e. The first kappa shape index (κ1) is 12.9. The van der Waals surface area contributed by atoms with E-state index in [1.165, 1.54) is 4.90 Å². The molecule has 3 nitrogen and oxygen atoms in total. The molecule has 1 unspecified atom stereocenters. The van der Waals surface area contributed by atoms with Crippen molar-refractivity contribution in [1.82, 2.24) is 0 Å². The Bertz CT molecular complexity index is 335. The zero-order valence-electron chi connectivity index (χ0n) is 9.47. The van der Waals surface area contributed by atoms with Gasteiger partial charge in [0.05, 0.1) is 6.10 Å². The monoisotopic (exact) mass is 240 g/mol. The molecule has 0 saturated heterocycles. The number of benzene rings is 1. The molecule has 4 heteroatoms. The molecule has 88 valence electrons. The predicted molar refractivity (Wildman–Crippen MR) is 65.2 cm³/mol. The smallest absolute Gasteiger partial charge is 0.303 e. The highest BCUT2D eigenvalue weighted by atomic mass is 32.2. The number of carbonyl (C=O) groups is 1. The van der Waals surface area contributed by atoms with Crippen LogP contribution in [0.15, 0.2) is 29.2 Å². The zero-order valence-corrected chi connectivity index (χ0v) is 10.3. The lowest BCUT2D eigenvalue weighted by atomic mass is 10.2. The van der Waals surface area contributed by atoms with E-state index < -0.39 is 5.97 Å². The molecule has 0 radical (unpaired) electrons. The molecule has 1 aromatic carbocycles. The van der Waals surface area contributed by atoms with Gasteiger partial charge in [0.15, 0.2) is 0 Å². The van der Waals surface area contributed by atoms with Crippen LogP contribution in [0.3, 0.4) is 0 Å². The molecule has 1 rings (SSSR count). The van der Waals surface area contributed by atoms with Crippen molar-refractivity contribution in [3.8, 4) is 5.75 Å². The van der Waals surface area contributed by atoms with Crippen LogP contribution < -0.4 is 4.74 Å². The third-order valence-electron chi connectivity index (χ3n) is 2.16. The summed E-state index contributed by atoms with van der Waals surface area (Å²) < 4.78 is 5.59. The van der Waals surface area contributed by atoms with Gasteiger partial charge in [-0.2, -0.15) is 0 Å². The van der Waals surface area contributed by atoms with E-state index >= 15 is 0 Å². The molecule has 16 heavy (non-hydrogen) atoms. The van der Waals surface area contributed by atoms with Crippen molar-refractivity contribution in [2.24, 2.45) is 0 Å². The number of hydrogen-bond acceptors (Lipinski definition) is 3. The number of thioether (sulfide) groups is 1. The van der Waals surface area contributed by atoms with Gasteiger partial charge in [-0.15, -0.1) is 11.8 Å². The standard InChI is InChI=1S/C12H16O3S/c1-9(3-8-12(13)14)15-10-4-6-11(16-2)7-5-10/h4-7,9H,3,8H2,1-2H3,(H,13,14). The molecule has 1 atom stereocenters. The maximum atomic E-state index is 10.4. The van der Waals surface area contributed by atoms with Crippen molar-refractivity contribution < 1.29 is 14.6 Å². The third-order valence-corrected chi connectivity index (χ3v) is 2.91. The Morgan fingerprint density at radius 3 is 2.56 bits per heavy atom. The molecule has 0 fully saturated rings. The van der Waals surface area contributed by atoms with E-state index in [2.05, 4.69) is 0 Å². The first-order valence-electron chi connectivity index (χ1n) is 5.14. The van der Waals surface area contributed by atoms with Crippen LogP contribution in [0.2, 0.25) is 0 Å². The van der Waals surface area contributed by atoms with Crippen LogP contribution in [-0.4, -0.2) is 23.4 Å². The summed E-state index contributed by atoms with van der Waals surface area (Å²) in [5.41, 5.74) is 0. The quantitative estimate of drug-likeness (QED) is 0.776. The Labute approximate surface area is 99.8 Å². The Hall–Kier alpha value is -1.16. The molecule has 0 aliphatic carbocycles. The number of hydrogen-bond donors (Lipinski definition) is 1. The lowest BCUT2D eigenvalue weighted by molar-refractivity contribution is -0.137. The van der Waals surface area contributed by atoms with Gasteiger partial charge in [0.25, 0.3) is 0 Å². The second kappa shape index (κ2) is 6.43. The van der Waals surface area contributed by atoms with E-state index in [0.717, 1.165) is 5.75 Å². The summed E-state index contributed by atoms with van der Waals surface area (Å²) in [6.45, 7) is 1.88. The van der Waals surface area contributed by atoms with E-state index in [9.17, 15) is 4.79 Å². The van der Waals surface area contributed by atoms with Gasteiger partial charge in [-0.3, -0.25) is 4.79 Å². The summed E-state index contributed by atoms with van der Waals surface area (Å²) in [5.74, 6) is 0.00358. The Balaban J connectivity index is 2.43. The van der Waals surface area contributed by atoms with Crippen molar-refractivity contribution in [2.45, 2.75) is 30.8 Å². The van der Waals surface area contributed by atoms with Gasteiger partial charge in [0, 0.05) is 11.3 Å². The summed E-state index contributed by atoms with van der Waals surface area (Å²) in [5, 5.41) is 8.54. The molecule has 1 aromatic rings. The highest BCUT2D eigenvalue weighted by molar-refractivity contribution is 7.98. The fourth-order valence-electron chi connectivity index (χ4n) is 1.27. The second-order valence-corrected chi connectivity index (χ2v) is 4.42. The number of carboxylic acids is 1. The zero-order chi connectivity index (χ0) is 12.0. The Morgan fingerprint density at radius 2 is 2.06 bits per heavy atom. The van der Waals surface area contributed by atoms with Gasteiger partial charge in [0.1, 0.15) is 5.75 Å². The number of aliphatic carboxylic acids is 1. The minimum absolute atomic E-state index is 0.0729. The van der Waals surface area contributed by atoms with Gasteiger partial charge < -0.3 is 9.84 Å². The van der Waals surface area contributed by atoms with Crippen LogP contribution in [0.5, 0.6) is 5.75 Å². The van der Waals surface area contributed by atoms with Crippen LogP contribution >= 0.6 is 11.8 Å². The first-order chi connectivity index (χ1) is 7.61. The molecule has 0 spiro atoms. The van der Waals surface area contributed by atoms with Crippen LogP contribution in [0, 0.1) is 0 Å². The van der Waals surface area contributed by atoms with Crippen LogP contribution in [0.1, 0.15) is 19.8 Å². The maximum absolute atomic E-state index is 10.4. The molecule has 0 aromatic heterocycles. The summed E-state index contributed by atoms with van der Waals surface area (Å²) in [4.78, 5) is 11.6. The molecule has 0 bridgehead atoms. The third kappa shape index (κ3) is 4.57. The average Bonchev–Trinajstić information content (AvgIpc) is 2.27. The first-order valence-corrected chi connectivity index (χ1v) is 6.37. The fourth-order valence-corrected chi connectivity index (χ4v) is 1.68. The van der Waals surface area contributed by atoms with Crippen molar-refractivity contribution in [3.05, 3.63) is 24.3 Å². The number of ether oxygens (including phenoxy) is 1. The summed E-state index contributed by atoms with van der Waals surface area (Å²) in [7, 11) is 0. The molecular weight excluding hydrogens is 224 g/mol. The molecule has 1 N–H and O–H groups in total. The van der Waals surface area contributed by atoms with Crippen LogP contribution in [-0.2, 0) is 4.79 Å². The van der Waals surface area contributed by atoms with Crippen LogP contribution in [0.25, 0.3) is 0 Å². The van der Waals surface area contributed by atoms with Gasteiger partial charge in [-0.05, 0) is 43.9 Å². The molecule has 0 saturated carbocycles. The SMILES string of the molecule is CSc1ccc(OC(C)CCC(=O)O)cc1. The minimum Gasteiger partial charge on any atom is -0.491 e. The highest BCUT2D eigenvalue weighted by Gasteiger charge is 2.06. The average molecular weight is 240 g/mol. The number of rotatable bonds is 6. The Morgan fingerprint density at radius 1 is 1.44 bits per heavy atom. The van der Waals surface area contributed by atoms with E-state index in [1.807, 2.05) is 37.4 Å². The van der Waals surface area contributed by atoms with Crippen molar-refractivity contribution in [1.29, 1.82) is 0 Å². The lowest BCUT2D eigenvalue weighted by Gasteiger charge is -2.13. The predicted octanol–water partition coefficient (Wildman–Crippen LogP) is 3.04. The molecule has 0 aliphatic heterocycles. The summed E-state index contributed by atoms with van der Waals surface area (Å²) in [6.07, 6.45) is 2.62. The normalized spacial score (nSPS) is 12.1. The van der Waals surface area contributed by atoms with Gasteiger partial charge >= 0.3 is 5.97 Å². The largest absolute Gasteiger partial charge is 0.491 e. The van der Waals surface area contributed by atoms with Crippen LogP contribution in [0.4, 0.5) is 0 Å². The Kier molecular flexibility index (Phi) is 5.19. The minimum atomic E-state index is -0.784. The van der Waals surface area contributed by atoms with E-state index in [1.54, 1.807) is 11.8 Å². The van der Waals surface area contributed by atoms with E-state index in [0.29, 0.717) is 6.42 Å². The summed E-state index contributed by atoms with van der Waals surface area (Å²) in [6, 6.07) is 7.79. The van der Waals surface area contributed by atoms with Gasteiger partial charge in [-0.25, -0.2) is 0 Å². The topological polar surface area (TPSA) is 46.5 Å². The fraction of sp³-hybridized carbons (Fsp3) is 0.417. The number of carboxylic acid groups (broad SMARTS) is 1. The summed E-state index contributed by atoms with van der Waals surface area (Å²) >= 11 is 1.68. The van der Waals surface area contributed by atoms with Gasteiger partial charge in [-0.1, -0.05) is 0 Å².